The molecule has 1 aromatic carbocycles. The smallest absolute Gasteiger partial charge is 0.258 e. The van der Waals surface area contributed by atoms with Gasteiger partial charge in [-0.05, 0) is 66.5 Å². The molecule has 2 aromatic rings. The van der Waals surface area contributed by atoms with E-state index < -0.39 is 0 Å². The lowest BCUT2D eigenvalue weighted by Gasteiger charge is -2.58. The number of nitrogens with zero attached hydrogens (tertiary/aromatic N) is 2. The molecule has 1 saturated heterocycles. The van der Waals surface area contributed by atoms with E-state index in [4.69, 9.17) is 0 Å². The molecule has 4 nitrogen and oxygen atoms in total. The Bertz CT molecular complexity index is 857. The summed E-state index contributed by atoms with van der Waals surface area (Å²) in [4.78, 5) is 15.0. The minimum absolute atomic E-state index is 0.0874. The van der Waals surface area contributed by atoms with Gasteiger partial charge in [0.2, 0.25) is 0 Å². The number of aromatic nitrogens is 1. The first-order valence-electron chi connectivity index (χ1n) is 8.32. The summed E-state index contributed by atoms with van der Waals surface area (Å²) >= 11 is 2.35. The third-order valence-corrected chi connectivity index (χ3v) is 6.53. The molecule has 2 heterocycles. The first-order valence-corrected chi connectivity index (χ1v) is 9.40. The predicted octanol–water partition coefficient (Wildman–Crippen LogP) is 2.90. The molecule has 2 aliphatic carbocycles. The van der Waals surface area contributed by atoms with Crippen LogP contribution >= 0.6 is 22.6 Å². The van der Waals surface area contributed by atoms with Crippen molar-refractivity contribution in [2.75, 3.05) is 18.0 Å². The van der Waals surface area contributed by atoms with Gasteiger partial charge in [-0.25, -0.2) is 0 Å². The summed E-state index contributed by atoms with van der Waals surface area (Å²) in [5.74, 6) is 0. The summed E-state index contributed by atoms with van der Waals surface area (Å²) < 4.78 is 3.07. The average molecular weight is 422 g/mol. The van der Waals surface area contributed by atoms with Gasteiger partial charge in [0.1, 0.15) is 0 Å². The van der Waals surface area contributed by atoms with Gasteiger partial charge in [0.25, 0.3) is 5.56 Å². The Kier molecular flexibility index (Phi) is 2.93. The molecule has 0 amide bonds. The summed E-state index contributed by atoms with van der Waals surface area (Å²) in [5, 5.41) is 11.4. The first-order chi connectivity index (χ1) is 11.0. The van der Waals surface area contributed by atoms with Crippen LogP contribution in [0.5, 0.6) is 0 Å². The van der Waals surface area contributed by atoms with Gasteiger partial charge < -0.3 is 14.6 Å². The van der Waals surface area contributed by atoms with Crippen molar-refractivity contribution in [2.24, 2.45) is 5.41 Å². The highest BCUT2D eigenvalue weighted by molar-refractivity contribution is 14.1. The van der Waals surface area contributed by atoms with E-state index in [1.54, 1.807) is 0 Å². The van der Waals surface area contributed by atoms with Crippen LogP contribution in [0.15, 0.2) is 29.2 Å². The summed E-state index contributed by atoms with van der Waals surface area (Å²) in [6.07, 6.45) is 6.08. The summed E-state index contributed by atoms with van der Waals surface area (Å²) in [6.45, 7) is 2.07. The Hall–Kier alpha value is -1.08. The number of fused-ring (bicyclic) bond motifs is 1. The number of aliphatic hydroxyl groups is 1. The summed E-state index contributed by atoms with van der Waals surface area (Å²) in [7, 11) is 0. The number of benzene rings is 1. The molecule has 0 unspecified atom stereocenters. The van der Waals surface area contributed by atoms with Crippen molar-refractivity contribution in [2.45, 2.75) is 37.8 Å². The quantitative estimate of drug-likeness (QED) is 0.758. The fraction of sp³-hybridized carbons (Fsp3) is 0.500. The normalized spacial score (nSPS) is 23.1. The van der Waals surface area contributed by atoms with Crippen LogP contribution < -0.4 is 10.5 Å². The summed E-state index contributed by atoms with van der Waals surface area (Å²) in [6, 6.07) is 6.66. The molecule has 0 atom stereocenters. The molecule has 3 aliphatic rings. The lowest BCUT2D eigenvalue weighted by molar-refractivity contribution is -0.0491. The molecule has 1 aliphatic heterocycles. The maximum absolute atomic E-state index is 12.6. The van der Waals surface area contributed by atoms with Gasteiger partial charge in [-0.2, -0.15) is 0 Å². The highest BCUT2D eigenvalue weighted by Crippen LogP contribution is 2.49. The largest absolute Gasteiger partial charge is 0.393 e. The minimum atomic E-state index is -0.0874. The van der Waals surface area contributed by atoms with Crippen LogP contribution in [0.25, 0.3) is 10.8 Å². The topological polar surface area (TPSA) is 45.5 Å². The Balaban J connectivity index is 1.49. The second kappa shape index (κ2) is 4.72. The van der Waals surface area contributed by atoms with Gasteiger partial charge in [-0.3, -0.25) is 4.79 Å². The fourth-order valence-corrected chi connectivity index (χ4v) is 5.02. The minimum Gasteiger partial charge on any atom is -0.393 e. The Labute approximate surface area is 148 Å². The van der Waals surface area contributed by atoms with E-state index in [2.05, 4.69) is 39.6 Å². The molecule has 5 heteroatoms. The van der Waals surface area contributed by atoms with Gasteiger partial charge in [-0.1, -0.05) is 0 Å². The monoisotopic (exact) mass is 422 g/mol. The van der Waals surface area contributed by atoms with E-state index in [0.717, 1.165) is 53.1 Å². The molecular formula is C18H19IN2O2. The lowest BCUT2D eigenvalue weighted by Crippen LogP contribution is -2.63. The first kappa shape index (κ1) is 14.3. The Morgan fingerprint density at radius 3 is 2.57 bits per heavy atom. The van der Waals surface area contributed by atoms with Gasteiger partial charge in [-0.15, -0.1) is 0 Å². The van der Waals surface area contributed by atoms with Crippen molar-refractivity contribution in [1.29, 1.82) is 0 Å². The third kappa shape index (κ3) is 2.16. The van der Waals surface area contributed by atoms with Crippen LogP contribution in [-0.2, 0) is 0 Å². The van der Waals surface area contributed by atoms with Crippen LogP contribution in [0, 0.1) is 8.99 Å². The highest BCUT2D eigenvalue weighted by Gasteiger charge is 2.51. The molecule has 2 saturated carbocycles. The Morgan fingerprint density at radius 1 is 1.17 bits per heavy atom. The lowest BCUT2D eigenvalue weighted by atomic mass is 9.62. The fourth-order valence-electron chi connectivity index (χ4n) is 4.27. The molecule has 23 heavy (non-hydrogen) atoms. The Morgan fingerprint density at radius 2 is 1.91 bits per heavy atom. The molecule has 1 N–H and O–H groups in total. The van der Waals surface area contributed by atoms with Crippen molar-refractivity contribution < 1.29 is 5.11 Å². The third-order valence-electron chi connectivity index (χ3n) is 5.67. The molecule has 1 spiro atoms. The maximum atomic E-state index is 12.6. The number of hydrogen-bond donors (Lipinski definition) is 1. The van der Waals surface area contributed by atoms with E-state index in [1.807, 2.05) is 16.8 Å². The average Bonchev–Trinajstić information content (AvgIpc) is 3.29. The van der Waals surface area contributed by atoms with Crippen LogP contribution in [0.4, 0.5) is 5.69 Å². The highest BCUT2D eigenvalue weighted by atomic mass is 127. The molecule has 1 aromatic heterocycles. The van der Waals surface area contributed by atoms with E-state index in [-0.39, 0.29) is 11.7 Å². The van der Waals surface area contributed by atoms with Gasteiger partial charge >= 0.3 is 0 Å². The maximum Gasteiger partial charge on any atom is 0.258 e. The standard InChI is InChI=1S/C18H19IN2O2/c19-16-8-21(11-1-2-11)17(23)14-4-3-12(5-15(14)16)20-9-18(10-20)6-13(22)7-18/h3-5,8,11,13,22H,1-2,6-7,9-10H2. The molecular weight excluding hydrogens is 403 g/mol. The molecule has 0 radical (unpaired) electrons. The van der Waals surface area contributed by atoms with E-state index >= 15 is 0 Å². The van der Waals surface area contributed by atoms with Crippen LogP contribution in [-0.4, -0.2) is 28.9 Å². The number of aliphatic hydroxyl groups excluding tert-OH is 1. The zero-order valence-corrected chi connectivity index (χ0v) is 15.0. The van der Waals surface area contributed by atoms with Crippen molar-refractivity contribution in [1.82, 2.24) is 4.57 Å². The second-order valence-electron chi connectivity index (χ2n) is 7.57. The van der Waals surface area contributed by atoms with Crippen LogP contribution in [0.2, 0.25) is 0 Å². The second-order valence-corrected chi connectivity index (χ2v) is 8.73. The number of rotatable bonds is 2. The van der Waals surface area contributed by atoms with Crippen molar-refractivity contribution in [3.8, 4) is 0 Å². The predicted molar refractivity (Wildman–Crippen MR) is 99.1 cm³/mol. The van der Waals surface area contributed by atoms with Gasteiger partial charge in [0, 0.05) is 50.8 Å². The van der Waals surface area contributed by atoms with Gasteiger partial charge in [0.15, 0.2) is 0 Å². The van der Waals surface area contributed by atoms with E-state index in [0.29, 0.717) is 11.5 Å². The van der Waals surface area contributed by atoms with E-state index in [1.165, 1.54) is 5.69 Å². The summed E-state index contributed by atoms with van der Waals surface area (Å²) in [5.41, 5.74) is 1.71. The van der Waals surface area contributed by atoms with Crippen LogP contribution in [0.1, 0.15) is 31.7 Å². The zero-order valence-electron chi connectivity index (χ0n) is 12.8. The van der Waals surface area contributed by atoms with Crippen molar-refractivity contribution in [3.63, 3.8) is 0 Å². The van der Waals surface area contributed by atoms with E-state index in [9.17, 15) is 9.90 Å². The van der Waals surface area contributed by atoms with Crippen molar-refractivity contribution in [3.05, 3.63) is 38.3 Å². The molecule has 0 bridgehead atoms. The number of hydrogen-bond acceptors (Lipinski definition) is 3. The molecule has 5 rings (SSSR count). The van der Waals surface area contributed by atoms with Gasteiger partial charge in [0.05, 0.1) is 6.10 Å². The molecule has 120 valence electrons. The number of anilines is 1. The number of pyridine rings is 1. The SMILES string of the molecule is O=c1c2ccc(N3CC4(CC(O)C4)C3)cc2c(I)cn1C1CC1. The molecule has 3 fully saturated rings. The number of halogens is 1. The zero-order chi connectivity index (χ0) is 15.8. The van der Waals surface area contributed by atoms with Crippen LogP contribution in [0.3, 0.4) is 0 Å². The van der Waals surface area contributed by atoms with Crippen molar-refractivity contribution >= 4 is 39.1 Å².